The van der Waals surface area contributed by atoms with Crippen molar-refractivity contribution in [2.24, 2.45) is 0 Å². The molecule has 1 aromatic carbocycles. The monoisotopic (exact) mass is 426 g/mol. The predicted octanol–water partition coefficient (Wildman–Crippen LogP) is 4.18. The van der Waals surface area contributed by atoms with Crippen molar-refractivity contribution in [1.29, 1.82) is 0 Å². The molecule has 28 heavy (non-hydrogen) atoms. The van der Waals surface area contributed by atoms with Gasteiger partial charge in [0, 0.05) is 25.2 Å². The smallest absolute Gasteiger partial charge is 0.251 e. The molecule has 0 spiro atoms. The van der Waals surface area contributed by atoms with Crippen molar-refractivity contribution in [3.63, 3.8) is 0 Å². The van der Waals surface area contributed by atoms with E-state index in [1.807, 2.05) is 19.1 Å². The lowest BCUT2D eigenvalue weighted by atomic mass is 10.1. The van der Waals surface area contributed by atoms with Crippen LogP contribution >= 0.6 is 23.2 Å². The molecular weight excluding hydrogens is 403 g/mol. The van der Waals surface area contributed by atoms with Crippen LogP contribution in [0.4, 0.5) is 0 Å². The van der Waals surface area contributed by atoms with Gasteiger partial charge in [0.15, 0.2) is 5.75 Å². The largest absolute Gasteiger partial charge is 0.490 e. The maximum absolute atomic E-state index is 12.7. The van der Waals surface area contributed by atoms with Gasteiger partial charge in [-0.15, -0.1) is 0 Å². The van der Waals surface area contributed by atoms with Crippen LogP contribution in [0, 0.1) is 0 Å². The quantitative estimate of drug-likeness (QED) is 0.685. The van der Waals surface area contributed by atoms with Crippen LogP contribution in [0.2, 0.25) is 10.0 Å². The Morgan fingerprint density at radius 2 is 2.00 bits per heavy atom. The van der Waals surface area contributed by atoms with Crippen LogP contribution in [0.5, 0.6) is 5.75 Å². The van der Waals surface area contributed by atoms with Crippen LogP contribution in [0.15, 0.2) is 34.9 Å². The zero-order chi connectivity index (χ0) is 19.9. The van der Waals surface area contributed by atoms with Crippen LogP contribution in [0.1, 0.15) is 35.5 Å². The molecule has 0 radical (unpaired) electrons. The lowest BCUT2D eigenvalue weighted by Gasteiger charge is -2.33. The third kappa shape index (κ3) is 5.20. The Morgan fingerprint density at radius 1 is 1.29 bits per heavy atom. The molecule has 2 heterocycles. The fourth-order valence-electron chi connectivity index (χ4n) is 3.10. The van der Waals surface area contributed by atoms with E-state index >= 15 is 0 Å². The topological polar surface area (TPSA) is 63.9 Å². The number of nitrogens with one attached hydrogen (secondary N) is 1. The fraction of sp³-hybridized carbons (Fsp3) is 0.450. The van der Waals surface area contributed by atoms with Gasteiger partial charge in [0.1, 0.15) is 5.76 Å². The Balaban J connectivity index is 1.69. The number of rotatable bonds is 8. The number of hydrogen-bond acceptors (Lipinski definition) is 5. The fourth-order valence-corrected chi connectivity index (χ4v) is 3.70. The molecule has 152 valence electrons. The van der Waals surface area contributed by atoms with Gasteiger partial charge >= 0.3 is 0 Å². The Kier molecular flexibility index (Phi) is 7.62. The van der Waals surface area contributed by atoms with Crippen molar-refractivity contribution < 1.29 is 18.7 Å². The summed E-state index contributed by atoms with van der Waals surface area (Å²) in [5.74, 6) is 0.959. The molecule has 1 saturated heterocycles. The second-order valence-electron chi connectivity index (χ2n) is 6.51. The SMILES string of the molecule is CCCOc1c(Cl)cc(C(=O)NCC(c2ccco2)N2CCOCC2)cc1Cl. The van der Waals surface area contributed by atoms with Gasteiger partial charge in [-0.3, -0.25) is 9.69 Å². The zero-order valence-electron chi connectivity index (χ0n) is 15.7. The van der Waals surface area contributed by atoms with E-state index in [9.17, 15) is 4.79 Å². The van der Waals surface area contributed by atoms with Crippen molar-refractivity contribution in [2.75, 3.05) is 39.5 Å². The minimum Gasteiger partial charge on any atom is -0.490 e. The summed E-state index contributed by atoms with van der Waals surface area (Å²) in [6.45, 7) is 5.79. The summed E-state index contributed by atoms with van der Waals surface area (Å²) >= 11 is 12.5. The first kappa shape index (κ1) is 21.0. The number of hydrogen-bond donors (Lipinski definition) is 1. The molecule has 1 unspecified atom stereocenters. The lowest BCUT2D eigenvalue weighted by Crippen LogP contribution is -2.43. The number of furan rings is 1. The lowest BCUT2D eigenvalue weighted by molar-refractivity contribution is 0.0118. The van der Waals surface area contributed by atoms with Crippen molar-refractivity contribution in [3.8, 4) is 5.75 Å². The van der Waals surface area contributed by atoms with Gasteiger partial charge in [0.2, 0.25) is 0 Å². The number of ether oxygens (including phenoxy) is 2. The van der Waals surface area contributed by atoms with Gasteiger partial charge in [-0.2, -0.15) is 0 Å². The number of carbonyl (C=O) groups excluding carboxylic acids is 1. The molecule has 6 nitrogen and oxygen atoms in total. The van der Waals surface area contributed by atoms with Crippen LogP contribution in [-0.4, -0.2) is 50.3 Å². The van der Waals surface area contributed by atoms with E-state index < -0.39 is 0 Å². The highest BCUT2D eigenvalue weighted by molar-refractivity contribution is 6.37. The number of amides is 1. The molecule has 0 bridgehead atoms. The average molecular weight is 427 g/mol. The van der Waals surface area contributed by atoms with E-state index in [1.54, 1.807) is 18.4 Å². The maximum Gasteiger partial charge on any atom is 0.251 e. The van der Waals surface area contributed by atoms with E-state index in [-0.39, 0.29) is 11.9 Å². The molecule has 1 amide bonds. The number of nitrogens with zero attached hydrogens (tertiary/aromatic N) is 1. The number of halogens is 2. The van der Waals surface area contributed by atoms with Gasteiger partial charge in [-0.05, 0) is 30.7 Å². The third-order valence-corrected chi connectivity index (χ3v) is 5.09. The van der Waals surface area contributed by atoms with Gasteiger partial charge in [0.05, 0.1) is 42.2 Å². The van der Waals surface area contributed by atoms with E-state index in [4.69, 9.17) is 37.1 Å². The molecule has 2 aromatic rings. The summed E-state index contributed by atoms with van der Waals surface area (Å²) in [7, 11) is 0. The molecule has 1 aliphatic rings. The summed E-state index contributed by atoms with van der Waals surface area (Å²) in [6, 6.07) is 6.84. The standard InChI is InChI=1S/C20H24Cl2N2O4/c1-2-7-28-19-15(21)11-14(12-16(19)22)20(25)23-13-17(18-4-3-8-27-18)24-5-9-26-10-6-24/h3-4,8,11-12,17H,2,5-7,9-10,13H2,1H3,(H,23,25). The van der Waals surface area contributed by atoms with Crippen molar-refractivity contribution in [2.45, 2.75) is 19.4 Å². The maximum atomic E-state index is 12.7. The first-order valence-corrected chi connectivity index (χ1v) is 10.1. The highest BCUT2D eigenvalue weighted by atomic mass is 35.5. The van der Waals surface area contributed by atoms with E-state index in [0.717, 1.165) is 25.3 Å². The normalized spacial score (nSPS) is 16.0. The highest BCUT2D eigenvalue weighted by Gasteiger charge is 2.25. The van der Waals surface area contributed by atoms with Crippen LogP contribution in [-0.2, 0) is 4.74 Å². The number of morpholine rings is 1. The number of benzene rings is 1. The Hall–Kier alpha value is -1.73. The molecule has 0 saturated carbocycles. The van der Waals surface area contributed by atoms with E-state index in [0.29, 0.717) is 47.7 Å². The first-order chi connectivity index (χ1) is 13.6. The summed E-state index contributed by atoms with van der Waals surface area (Å²) in [5.41, 5.74) is 0.388. The van der Waals surface area contributed by atoms with Crippen molar-refractivity contribution in [3.05, 3.63) is 51.9 Å². The van der Waals surface area contributed by atoms with Crippen LogP contribution in [0.3, 0.4) is 0 Å². The molecule has 8 heteroatoms. The minimum absolute atomic E-state index is 0.0686. The Bertz CT molecular complexity index is 754. The van der Waals surface area contributed by atoms with Gasteiger partial charge < -0.3 is 19.2 Å². The molecule has 0 aliphatic carbocycles. The van der Waals surface area contributed by atoms with Crippen LogP contribution < -0.4 is 10.1 Å². The molecule has 1 N–H and O–H groups in total. The second-order valence-corrected chi connectivity index (χ2v) is 7.32. The molecule has 1 atom stereocenters. The molecular formula is C20H24Cl2N2O4. The number of carbonyl (C=O) groups is 1. The van der Waals surface area contributed by atoms with Crippen LogP contribution in [0.25, 0.3) is 0 Å². The molecule has 1 fully saturated rings. The molecule has 1 aliphatic heterocycles. The molecule has 1 aromatic heterocycles. The Morgan fingerprint density at radius 3 is 2.61 bits per heavy atom. The minimum atomic E-state index is -0.254. The molecule has 3 rings (SSSR count). The van der Waals surface area contributed by atoms with Crippen molar-refractivity contribution in [1.82, 2.24) is 10.2 Å². The van der Waals surface area contributed by atoms with Crippen molar-refractivity contribution >= 4 is 29.1 Å². The predicted molar refractivity (Wildman–Crippen MR) is 108 cm³/mol. The Labute approximate surface area is 174 Å². The third-order valence-electron chi connectivity index (χ3n) is 4.53. The van der Waals surface area contributed by atoms with E-state index in [1.165, 1.54) is 0 Å². The van der Waals surface area contributed by atoms with Gasteiger partial charge in [-0.25, -0.2) is 0 Å². The summed E-state index contributed by atoms with van der Waals surface area (Å²) in [4.78, 5) is 14.9. The first-order valence-electron chi connectivity index (χ1n) is 9.35. The second kappa shape index (κ2) is 10.2. The van der Waals surface area contributed by atoms with Gasteiger partial charge in [0.25, 0.3) is 5.91 Å². The highest BCUT2D eigenvalue weighted by Crippen LogP contribution is 2.34. The summed E-state index contributed by atoms with van der Waals surface area (Å²) in [5, 5.41) is 3.60. The zero-order valence-corrected chi connectivity index (χ0v) is 17.3. The van der Waals surface area contributed by atoms with E-state index in [2.05, 4.69) is 10.2 Å². The van der Waals surface area contributed by atoms with Gasteiger partial charge in [-0.1, -0.05) is 30.1 Å². The summed E-state index contributed by atoms with van der Waals surface area (Å²) in [6.07, 6.45) is 2.48. The average Bonchev–Trinajstić information content (AvgIpc) is 3.22. The summed E-state index contributed by atoms with van der Waals surface area (Å²) < 4.78 is 16.6.